The molecule has 6 nitrogen and oxygen atoms in total. The molecule has 2 N–H and O–H groups in total. The minimum Gasteiger partial charge on any atom is -0.370 e. The van der Waals surface area contributed by atoms with Gasteiger partial charge in [0.1, 0.15) is 6.10 Å². The molecule has 0 bridgehead atoms. The van der Waals surface area contributed by atoms with Gasteiger partial charge in [0.05, 0.1) is 13.2 Å². The Labute approximate surface area is 173 Å². The second-order valence-corrected chi connectivity index (χ2v) is 7.26. The van der Waals surface area contributed by atoms with Crippen LogP contribution in [0.25, 0.3) is 0 Å². The Balaban J connectivity index is 1.51. The summed E-state index contributed by atoms with van der Waals surface area (Å²) in [6, 6.07) is 15.7. The SMILES string of the molecule is CN=C(NCCNC(=O)c1ccccc1)N1CCOC(c2ccc(C)cc2C)C1. The molecule has 29 heavy (non-hydrogen) atoms. The van der Waals surface area contributed by atoms with Gasteiger partial charge in [-0.05, 0) is 37.1 Å². The molecule has 0 aliphatic carbocycles. The number of guanidine groups is 1. The third-order valence-corrected chi connectivity index (χ3v) is 5.08. The highest BCUT2D eigenvalue weighted by atomic mass is 16.5. The van der Waals surface area contributed by atoms with Crippen LogP contribution in [-0.2, 0) is 4.74 Å². The van der Waals surface area contributed by atoms with Crippen LogP contribution >= 0.6 is 0 Å². The van der Waals surface area contributed by atoms with E-state index in [4.69, 9.17) is 4.74 Å². The van der Waals surface area contributed by atoms with E-state index in [0.29, 0.717) is 25.3 Å². The summed E-state index contributed by atoms with van der Waals surface area (Å²) in [4.78, 5) is 18.7. The summed E-state index contributed by atoms with van der Waals surface area (Å²) in [5.74, 6) is 0.765. The number of benzene rings is 2. The zero-order chi connectivity index (χ0) is 20.6. The molecule has 1 aliphatic rings. The molecule has 2 aromatic carbocycles. The molecular formula is C23H30N4O2. The third kappa shape index (κ3) is 5.57. The van der Waals surface area contributed by atoms with Crippen molar-refractivity contribution in [1.29, 1.82) is 0 Å². The van der Waals surface area contributed by atoms with E-state index in [1.165, 1.54) is 16.7 Å². The standard InChI is InChI=1S/C23H30N4O2/c1-17-9-10-20(18(2)15-17)21-16-27(13-14-29-21)23(24-3)26-12-11-25-22(28)19-7-5-4-6-8-19/h4-10,15,21H,11-14,16H2,1-3H3,(H,24,26)(H,25,28). The predicted molar refractivity (Wildman–Crippen MR) is 116 cm³/mol. The van der Waals surface area contributed by atoms with Gasteiger partial charge in [-0.2, -0.15) is 0 Å². The quantitative estimate of drug-likeness (QED) is 0.465. The van der Waals surface area contributed by atoms with Crippen LogP contribution in [0.1, 0.15) is 33.2 Å². The van der Waals surface area contributed by atoms with Crippen molar-refractivity contribution in [2.24, 2.45) is 4.99 Å². The Kier molecular flexibility index (Phi) is 7.25. The van der Waals surface area contributed by atoms with E-state index in [2.05, 4.69) is 52.6 Å². The van der Waals surface area contributed by atoms with Gasteiger partial charge in [-0.3, -0.25) is 9.79 Å². The molecule has 1 fully saturated rings. The number of hydrogen-bond donors (Lipinski definition) is 2. The number of aliphatic imine (C=N–C) groups is 1. The van der Waals surface area contributed by atoms with Gasteiger partial charge in [0.2, 0.25) is 0 Å². The lowest BCUT2D eigenvalue weighted by Gasteiger charge is -2.35. The fourth-order valence-corrected chi connectivity index (χ4v) is 3.59. The van der Waals surface area contributed by atoms with Gasteiger partial charge in [0, 0.05) is 32.2 Å². The topological polar surface area (TPSA) is 66.0 Å². The highest BCUT2D eigenvalue weighted by Gasteiger charge is 2.25. The first-order chi connectivity index (χ1) is 14.1. The van der Waals surface area contributed by atoms with Crippen LogP contribution in [0.4, 0.5) is 0 Å². The number of nitrogens with zero attached hydrogens (tertiary/aromatic N) is 2. The summed E-state index contributed by atoms with van der Waals surface area (Å²) >= 11 is 0. The van der Waals surface area contributed by atoms with Gasteiger partial charge in [0.25, 0.3) is 5.91 Å². The van der Waals surface area contributed by atoms with E-state index in [1.54, 1.807) is 7.05 Å². The second kappa shape index (κ2) is 10.1. The van der Waals surface area contributed by atoms with Gasteiger partial charge < -0.3 is 20.3 Å². The third-order valence-electron chi connectivity index (χ3n) is 5.08. The molecule has 1 unspecified atom stereocenters. The Morgan fingerprint density at radius 2 is 1.90 bits per heavy atom. The fraction of sp³-hybridized carbons (Fsp3) is 0.391. The van der Waals surface area contributed by atoms with Crippen LogP contribution in [0, 0.1) is 13.8 Å². The van der Waals surface area contributed by atoms with Gasteiger partial charge >= 0.3 is 0 Å². The van der Waals surface area contributed by atoms with E-state index in [-0.39, 0.29) is 12.0 Å². The van der Waals surface area contributed by atoms with E-state index in [0.717, 1.165) is 19.0 Å². The molecule has 1 atom stereocenters. The predicted octanol–water partition coefficient (Wildman–Crippen LogP) is 2.68. The van der Waals surface area contributed by atoms with E-state index < -0.39 is 0 Å². The Morgan fingerprint density at radius 1 is 1.14 bits per heavy atom. The lowest BCUT2D eigenvalue weighted by molar-refractivity contribution is -0.00829. The first kappa shape index (κ1) is 20.9. The van der Waals surface area contributed by atoms with Crippen LogP contribution < -0.4 is 10.6 Å². The number of nitrogens with one attached hydrogen (secondary N) is 2. The molecule has 0 saturated carbocycles. The largest absolute Gasteiger partial charge is 0.370 e. The van der Waals surface area contributed by atoms with Crippen molar-refractivity contribution in [1.82, 2.24) is 15.5 Å². The van der Waals surface area contributed by atoms with Crippen molar-refractivity contribution in [3.05, 3.63) is 70.8 Å². The molecule has 154 valence electrons. The fourth-order valence-electron chi connectivity index (χ4n) is 3.59. The lowest BCUT2D eigenvalue weighted by Crippen LogP contribution is -2.49. The number of rotatable bonds is 5. The minimum absolute atomic E-state index is 0.0284. The van der Waals surface area contributed by atoms with Gasteiger partial charge in [-0.25, -0.2) is 0 Å². The number of morpholine rings is 1. The smallest absolute Gasteiger partial charge is 0.251 e. The minimum atomic E-state index is -0.0660. The van der Waals surface area contributed by atoms with Crippen LogP contribution in [-0.4, -0.2) is 56.6 Å². The Hall–Kier alpha value is -2.86. The molecule has 2 aromatic rings. The summed E-state index contributed by atoms with van der Waals surface area (Å²) in [5, 5.41) is 6.28. The summed E-state index contributed by atoms with van der Waals surface area (Å²) in [5.41, 5.74) is 4.41. The van der Waals surface area contributed by atoms with E-state index in [1.807, 2.05) is 30.3 Å². The number of aryl methyl sites for hydroxylation is 2. The van der Waals surface area contributed by atoms with Crippen molar-refractivity contribution in [3.8, 4) is 0 Å². The van der Waals surface area contributed by atoms with Crippen LogP contribution in [0.15, 0.2) is 53.5 Å². The van der Waals surface area contributed by atoms with Crippen molar-refractivity contribution in [2.75, 3.05) is 39.8 Å². The first-order valence-electron chi connectivity index (χ1n) is 10.1. The number of carbonyl (C=O) groups excluding carboxylic acids is 1. The highest BCUT2D eigenvalue weighted by Crippen LogP contribution is 2.25. The molecule has 6 heteroatoms. The van der Waals surface area contributed by atoms with E-state index in [9.17, 15) is 4.79 Å². The van der Waals surface area contributed by atoms with Crippen molar-refractivity contribution < 1.29 is 9.53 Å². The molecule has 0 radical (unpaired) electrons. The first-order valence-corrected chi connectivity index (χ1v) is 10.1. The molecule has 1 saturated heterocycles. The van der Waals surface area contributed by atoms with Crippen LogP contribution in [0.5, 0.6) is 0 Å². The van der Waals surface area contributed by atoms with Crippen LogP contribution in [0.2, 0.25) is 0 Å². The summed E-state index contributed by atoms with van der Waals surface area (Å²) in [6.07, 6.45) is 0.0284. The molecular weight excluding hydrogens is 364 g/mol. The van der Waals surface area contributed by atoms with Gasteiger partial charge in [0.15, 0.2) is 5.96 Å². The summed E-state index contributed by atoms with van der Waals surface area (Å²) in [7, 11) is 1.78. The Bertz CT molecular complexity index is 851. The molecule has 3 rings (SSSR count). The van der Waals surface area contributed by atoms with Gasteiger partial charge in [-0.15, -0.1) is 0 Å². The second-order valence-electron chi connectivity index (χ2n) is 7.26. The normalized spacial score (nSPS) is 17.1. The maximum atomic E-state index is 12.1. The van der Waals surface area contributed by atoms with Crippen molar-refractivity contribution in [3.63, 3.8) is 0 Å². The van der Waals surface area contributed by atoms with Crippen molar-refractivity contribution in [2.45, 2.75) is 20.0 Å². The average Bonchev–Trinajstić information content (AvgIpc) is 2.74. The van der Waals surface area contributed by atoms with Crippen LogP contribution in [0.3, 0.4) is 0 Å². The number of ether oxygens (including phenoxy) is 1. The molecule has 0 aromatic heterocycles. The Morgan fingerprint density at radius 3 is 2.62 bits per heavy atom. The maximum absolute atomic E-state index is 12.1. The summed E-state index contributed by atoms with van der Waals surface area (Å²) in [6.45, 7) is 7.57. The highest BCUT2D eigenvalue weighted by molar-refractivity contribution is 5.94. The molecule has 1 aliphatic heterocycles. The number of hydrogen-bond acceptors (Lipinski definition) is 3. The molecule has 0 spiro atoms. The zero-order valence-corrected chi connectivity index (χ0v) is 17.4. The van der Waals surface area contributed by atoms with E-state index >= 15 is 0 Å². The molecule has 1 amide bonds. The lowest BCUT2D eigenvalue weighted by atomic mass is 10.00. The number of carbonyl (C=O) groups is 1. The van der Waals surface area contributed by atoms with Crippen molar-refractivity contribution >= 4 is 11.9 Å². The molecule has 1 heterocycles. The average molecular weight is 395 g/mol. The number of amides is 1. The maximum Gasteiger partial charge on any atom is 0.251 e. The van der Waals surface area contributed by atoms with Gasteiger partial charge in [-0.1, -0.05) is 42.0 Å². The summed E-state index contributed by atoms with van der Waals surface area (Å²) < 4.78 is 6.03. The zero-order valence-electron chi connectivity index (χ0n) is 17.4. The monoisotopic (exact) mass is 394 g/mol.